The number of carboxylic acids is 1. The van der Waals surface area contributed by atoms with Gasteiger partial charge in [0.25, 0.3) is 0 Å². The average molecular weight is 423 g/mol. The molecule has 2 bridgehead atoms. The minimum atomic E-state index is -0.970. The van der Waals surface area contributed by atoms with Crippen LogP contribution in [-0.4, -0.2) is 34.2 Å². The van der Waals surface area contributed by atoms with E-state index in [2.05, 4.69) is 26.2 Å². The Morgan fingerprint density at radius 1 is 1.20 bits per heavy atom. The van der Waals surface area contributed by atoms with Crippen LogP contribution in [0.2, 0.25) is 0 Å². The monoisotopic (exact) mass is 422 g/mol. The van der Waals surface area contributed by atoms with E-state index in [4.69, 9.17) is 4.74 Å². The van der Waals surface area contributed by atoms with Gasteiger partial charge in [-0.15, -0.1) is 11.3 Å². The summed E-state index contributed by atoms with van der Waals surface area (Å²) >= 11 is 4.71. The number of ether oxygens (including phenoxy) is 1. The number of carboxylic acid groups (broad SMARTS) is 1. The highest BCUT2D eigenvalue weighted by Crippen LogP contribution is 2.44. The van der Waals surface area contributed by atoms with Gasteiger partial charge >= 0.3 is 5.97 Å². The van der Waals surface area contributed by atoms with Crippen LogP contribution in [0, 0.1) is 11.8 Å². The molecular weight excluding hydrogens is 408 g/mol. The summed E-state index contributed by atoms with van der Waals surface area (Å²) in [6.07, 6.45) is 0.773. The van der Waals surface area contributed by atoms with Crippen LogP contribution in [0.3, 0.4) is 0 Å². The molecule has 0 saturated carbocycles. The maximum Gasteiger partial charge on any atom is 0.310 e. The zero-order valence-corrected chi connectivity index (χ0v) is 15.4. The van der Waals surface area contributed by atoms with Gasteiger partial charge in [-0.1, -0.05) is 28.1 Å². The summed E-state index contributed by atoms with van der Waals surface area (Å²) in [5, 5.41) is 14.5. The number of fused-ring (bicyclic) bond motifs is 2. The minimum Gasteiger partial charge on any atom is -0.481 e. The normalized spacial score (nSPS) is 27.4. The Hall–Kier alpha value is -1.77. The van der Waals surface area contributed by atoms with E-state index in [-0.39, 0.29) is 18.1 Å². The molecule has 0 aliphatic carbocycles. The van der Waals surface area contributed by atoms with Gasteiger partial charge in [0, 0.05) is 15.4 Å². The van der Waals surface area contributed by atoms with E-state index < -0.39 is 17.8 Å². The van der Waals surface area contributed by atoms with Gasteiger partial charge < -0.3 is 15.2 Å². The van der Waals surface area contributed by atoms with Crippen LogP contribution >= 0.6 is 27.3 Å². The number of halogens is 1. The first kappa shape index (κ1) is 16.7. The summed E-state index contributed by atoms with van der Waals surface area (Å²) in [5.41, 5.74) is 1.72. The molecule has 8 heteroatoms. The fourth-order valence-corrected chi connectivity index (χ4v) is 4.58. The Morgan fingerprint density at radius 2 is 1.88 bits per heavy atom. The summed E-state index contributed by atoms with van der Waals surface area (Å²) in [5.74, 6) is -2.72. The number of benzene rings is 1. The smallest absolute Gasteiger partial charge is 0.310 e. The van der Waals surface area contributed by atoms with E-state index in [9.17, 15) is 14.7 Å². The number of anilines is 1. The van der Waals surface area contributed by atoms with E-state index in [1.165, 1.54) is 11.3 Å². The van der Waals surface area contributed by atoms with Crippen LogP contribution in [0.25, 0.3) is 11.3 Å². The highest BCUT2D eigenvalue weighted by atomic mass is 79.9. The van der Waals surface area contributed by atoms with Gasteiger partial charge in [0.1, 0.15) is 0 Å². The molecule has 1 aromatic heterocycles. The first-order valence-electron chi connectivity index (χ1n) is 7.93. The van der Waals surface area contributed by atoms with Crippen molar-refractivity contribution < 1.29 is 19.4 Å². The standard InChI is InChI=1S/C17H15BrN2O4S/c18-9-3-1-8(2-4-9)10-7-25-17(19-10)20-15(21)13-11-5-6-12(24-11)14(13)16(22)23/h1-4,7,11-14H,5-6H2,(H,22,23)(H,19,20,21)/t11-,12+,13+,14+/m1/s1. The average Bonchev–Trinajstić information content (AvgIpc) is 3.30. The maximum atomic E-state index is 12.6. The van der Waals surface area contributed by atoms with E-state index in [0.29, 0.717) is 11.6 Å². The summed E-state index contributed by atoms with van der Waals surface area (Å²) in [6.45, 7) is 0. The topological polar surface area (TPSA) is 88.5 Å². The number of hydrogen-bond acceptors (Lipinski definition) is 5. The lowest BCUT2D eigenvalue weighted by Crippen LogP contribution is -2.40. The number of aromatic nitrogens is 1. The SMILES string of the molecule is O=C(O)[C@@H]1[C@@H](C(=O)Nc2nc(-c3ccc(Br)cc3)cs2)[C@H]2CC[C@@H]1O2. The van der Waals surface area contributed by atoms with Crippen molar-refractivity contribution in [3.05, 3.63) is 34.1 Å². The molecule has 2 aliphatic rings. The van der Waals surface area contributed by atoms with E-state index in [1.807, 2.05) is 29.6 Å². The predicted molar refractivity (Wildman–Crippen MR) is 96.4 cm³/mol. The van der Waals surface area contributed by atoms with Crippen LogP contribution in [0.1, 0.15) is 12.8 Å². The molecule has 25 heavy (non-hydrogen) atoms. The van der Waals surface area contributed by atoms with Crippen molar-refractivity contribution in [2.75, 3.05) is 5.32 Å². The molecule has 0 unspecified atom stereocenters. The minimum absolute atomic E-state index is 0.308. The van der Waals surface area contributed by atoms with Gasteiger partial charge in [0.2, 0.25) is 5.91 Å². The van der Waals surface area contributed by atoms with Crippen molar-refractivity contribution in [1.29, 1.82) is 0 Å². The summed E-state index contributed by atoms with van der Waals surface area (Å²) in [7, 11) is 0. The number of carbonyl (C=O) groups is 2. The number of nitrogens with zero attached hydrogens (tertiary/aromatic N) is 1. The molecule has 4 atom stereocenters. The molecular formula is C17H15BrN2O4S. The van der Waals surface area contributed by atoms with Gasteiger partial charge in [-0.3, -0.25) is 9.59 Å². The fraction of sp³-hybridized carbons (Fsp3) is 0.353. The van der Waals surface area contributed by atoms with Crippen LogP contribution < -0.4 is 5.32 Å². The Balaban J connectivity index is 1.50. The highest BCUT2D eigenvalue weighted by molar-refractivity contribution is 9.10. The van der Waals surface area contributed by atoms with E-state index in [0.717, 1.165) is 22.2 Å². The van der Waals surface area contributed by atoms with Gasteiger partial charge in [0.05, 0.1) is 29.7 Å². The van der Waals surface area contributed by atoms with Crippen molar-refractivity contribution in [2.45, 2.75) is 25.0 Å². The van der Waals surface area contributed by atoms with Crippen LogP contribution in [0.15, 0.2) is 34.1 Å². The maximum absolute atomic E-state index is 12.6. The van der Waals surface area contributed by atoms with Gasteiger partial charge in [-0.25, -0.2) is 4.98 Å². The van der Waals surface area contributed by atoms with Gasteiger partial charge in [0.15, 0.2) is 5.13 Å². The van der Waals surface area contributed by atoms with Crippen molar-refractivity contribution in [3.8, 4) is 11.3 Å². The zero-order chi connectivity index (χ0) is 17.6. The molecule has 2 aromatic rings. The second kappa shape index (κ2) is 6.51. The number of thiazole rings is 1. The third kappa shape index (κ3) is 3.09. The number of hydrogen-bond donors (Lipinski definition) is 2. The van der Waals surface area contributed by atoms with Gasteiger partial charge in [-0.05, 0) is 25.0 Å². The van der Waals surface area contributed by atoms with Crippen molar-refractivity contribution in [1.82, 2.24) is 4.98 Å². The van der Waals surface area contributed by atoms with Crippen LogP contribution in [0.4, 0.5) is 5.13 Å². The van der Waals surface area contributed by atoms with E-state index >= 15 is 0 Å². The van der Waals surface area contributed by atoms with Crippen molar-refractivity contribution in [2.24, 2.45) is 11.8 Å². The number of nitrogens with one attached hydrogen (secondary N) is 1. The molecule has 2 fully saturated rings. The molecule has 6 nitrogen and oxygen atoms in total. The number of amides is 1. The first-order valence-corrected chi connectivity index (χ1v) is 9.61. The Morgan fingerprint density at radius 3 is 2.56 bits per heavy atom. The van der Waals surface area contributed by atoms with E-state index in [1.54, 1.807) is 0 Å². The molecule has 2 saturated heterocycles. The number of aliphatic carboxylic acids is 1. The molecule has 0 spiro atoms. The van der Waals surface area contributed by atoms with Gasteiger partial charge in [-0.2, -0.15) is 0 Å². The molecule has 2 aliphatic heterocycles. The summed E-state index contributed by atoms with van der Waals surface area (Å²) in [6, 6.07) is 7.73. The van der Waals surface area contributed by atoms with Crippen LogP contribution in [-0.2, 0) is 14.3 Å². The largest absolute Gasteiger partial charge is 0.481 e. The number of carbonyl (C=O) groups excluding carboxylic acids is 1. The lowest BCUT2D eigenvalue weighted by molar-refractivity contribution is -0.147. The Labute approximate surface area is 156 Å². The second-order valence-electron chi connectivity index (χ2n) is 6.21. The van der Waals surface area contributed by atoms with Crippen molar-refractivity contribution >= 4 is 44.3 Å². The molecule has 1 amide bonds. The first-order chi connectivity index (χ1) is 12.0. The zero-order valence-electron chi connectivity index (χ0n) is 13.0. The Kier molecular flexibility index (Phi) is 4.35. The molecule has 130 valence electrons. The quantitative estimate of drug-likeness (QED) is 0.787. The van der Waals surface area contributed by atoms with Crippen molar-refractivity contribution in [3.63, 3.8) is 0 Å². The summed E-state index contributed by atoms with van der Waals surface area (Å²) < 4.78 is 6.62. The summed E-state index contributed by atoms with van der Waals surface area (Å²) in [4.78, 5) is 28.6. The number of rotatable bonds is 4. The second-order valence-corrected chi connectivity index (χ2v) is 7.99. The predicted octanol–water partition coefficient (Wildman–Crippen LogP) is 3.39. The lowest BCUT2D eigenvalue weighted by atomic mass is 9.79. The fourth-order valence-electron chi connectivity index (χ4n) is 3.60. The third-order valence-corrected chi connectivity index (χ3v) is 6.02. The molecule has 3 heterocycles. The molecule has 4 rings (SSSR count). The van der Waals surface area contributed by atoms with Crippen LogP contribution in [0.5, 0.6) is 0 Å². The Bertz CT molecular complexity index is 822. The lowest BCUT2D eigenvalue weighted by Gasteiger charge is -2.23. The molecule has 2 N–H and O–H groups in total. The highest BCUT2D eigenvalue weighted by Gasteiger charge is 2.55. The molecule has 0 radical (unpaired) electrons. The molecule has 1 aromatic carbocycles. The third-order valence-electron chi connectivity index (χ3n) is 4.74.